The van der Waals surface area contributed by atoms with Crippen LogP contribution in [-0.2, 0) is 13.1 Å². The summed E-state index contributed by atoms with van der Waals surface area (Å²) in [4.78, 5) is 9.84. The van der Waals surface area contributed by atoms with Crippen LogP contribution < -0.4 is 10.7 Å². The van der Waals surface area contributed by atoms with Gasteiger partial charge in [-0.2, -0.15) is 0 Å². The minimum absolute atomic E-state index is 0.556. The highest BCUT2D eigenvalue weighted by Crippen LogP contribution is 2.20. The summed E-state index contributed by atoms with van der Waals surface area (Å²) >= 11 is 0. The van der Waals surface area contributed by atoms with Crippen LogP contribution in [0.4, 0.5) is 0 Å². The van der Waals surface area contributed by atoms with Crippen molar-refractivity contribution in [3.05, 3.63) is 59.8 Å². The van der Waals surface area contributed by atoms with Gasteiger partial charge in [-0.05, 0) is 62.8 Å². The van der Waals surface area contributed by atoms with Crippen LogP contribution in [0.2, 0.25) is 0 Å². The van der Waals surface area contributed by atoms with Gasteiger partial charge in [-0.3, -0.25) is 9.98 Å². The Bertz CT molecular complexity index is 808. The van der Waals surface area contributed by atoms with Crippen molar-refractivity contribution < 1.29 is 0 Å². The molecule has 0 atom stereocenters. The molecule has 4 heteroatoms. The van der Waals surface area contributed by atoms with E-state index in [1.807, 2.05) is 0 Å². The largest absolute Gasteiger partial charge is 0.354 e. The molecule has 0 spiro atoms. The third-order valence-electron chi connectivity index (χ3n) is 7.14. The summed E-state index contributed by atoms with van der Waals surface area (Å²) in [6.07, 6.45) is 27.1. The van der Waals surface area contributed by atoms with Crippen LogP contribution in [0.5, 0.6) is 0 Å². The molecule has 2 aliphatic carbocycles. The number of hydrogen-bond donors (Lipinski definition) is 0. The number of hydrogen-bond acceptors (Lipinski definition) is 2. The number of rotatable bonds is 9. The summed E-state index contributed by atoms with van der Waals surface area (Å²) in [5.74, 6) is 0. The van der Waals surface area contributed by atoms with Crippen LogP contribution in [0.15, 0.2) is 59.0 Å². The SMILES string of the molecule is c1cn(CCCCCCn2ccc(=NC3CCCCC3)cc2)ccc1=NC1CCCCC1. The molecule has 4 rings (SSSR count). The second-order valence-electron chi connectivity index (χ2n) is 9.84. The van der Waals surface area contributed by atoms with Gasteiger partial charge < -0.3 is 9.13 Å². The van der Waals surface area contributed by atoms with E-state index in [0.717, 1.165) is 23.8 Å². The average Bonchev–Trinajstić information content (AvgIpc) is 2.85. The predicted molar refractivity (Wildman–Crippen MR) is 132 cm³/mol. The molecule has 32 heavy (non-hydrogen) atoms. The number of aryl methyl sites for hydroxylation is 2. The minimum atomic E-state index is 0.556. The lowest BCUT2D eigenvalue weighted by Gasteiger charge is -2.17. The van der Waals surface area contributed by atoms with Crippen molar-refractivity contribution in [2.45, 2.75) is 115 Å². The molecule has 0 aliphatic heterocycles. The van der Waals surface area contributed by atoms with Crippen LogP contribution >= 0.6 is 0 Å². The smallest absolute Gasteiger partial charge is 0.0606 e. The van der Waals surface area contributed by atoms with Gasteiger partial charge in [0, 0.05) is 37.9 Å². The Balaban J connectivity index is 1.12. The van der Waals surface area contributed by atoms with Crippen molar-refractivity contribution in [3.8, 4) is 0 Å². The Hall–Kier alpha value is -2.10. The van der Waals surface area contributed by atoms with Crippen molar-refractivity contribution in [2.75, 3.05) is 0 Å². The molecule has 2 saturated carbocycles. The fraction of sp³-hybridized carbons (Fsp3) is 0.643. The fourth-order valence-electron chi connectivity index (χ4n) is 5.15. The van der Waals surface area contributed by atoms with Crippen LogP contribution in [0.25, 0.3) is 0 Å². The highest BCUT2D eigenvalue weighted by molar-refractivity contribution is 4.95. The van der Waals surface area contributed by atoms with E-state index in [2.05, 4.69) is 58.2 Å². The topological polar surface area (TPSA) is 34.6 Å². The summed E-state index contributed by atoms with van der Waals surface area (Å²) in [6.45, 7) is 2.21. The first-order valence-electron chi connectivity index (χ1n) is 13.2. The third kappa shape index (κ3) is 7.79. The molecule has 2 aliphatic rings. The fourth-order valence-corrected chi connectivity index (χ4v) is 5.15. The average molecular weight is 435 g/mol. The van der Waals surface area contributed by atoms with Crippen molar-refractivity contribution in [3.63, 3.8) is 0 Å². The zero-order valence-electron chi connectivity index (χ0n) is 19.9. The van der Waals surface area contributed by atoms with Crippen molar-refractivity contribution in [2.24, 2.45) is 9.98 Å². The summed E-state index contributed by atoms with van der Waals surface area (Å²) in [5, 5.41) is 2.31. The van der Waals surface area contributed by atoms with Gasteiger partial charge in [0.05, 0.1) is 22.8 Å². The van der Waals surface area contributed by atoms with E-state index in [1.165, 1.54) is 89.9 Å². The van der Waals surface area contributed by atoms with Crippen LogP contribution in [0.3, 0.4) is 0 Å². The molecule has 174 valence electrons. The number of unbranched alkanes of at least 4 members (excludes halogenated alkanes) is 3. The molecule has 0 aromatic carbocycles. The number of aromatic nitrogens is 2. The molecule has 2 aromatic heterocycles. The van der Waals surface area contributed by atoms with Crippen molar-refractivity contribution in [1.29, 1.82) is 0 Å². The van der Waals surface area contributed by atoms with E-state index in [1.54, 1.807) is 0 Å². The standard InChI is InChI=1S/C28H42N4/c1(9-19-31-21-15-27(16-22-31)29-25-11-5-3-6-12-25)2-10-20-32-23-17-28(18-24-32)30-26-13-7-4-8-14-26/h15-18,21-26H,1-14,19-20H2. The third-order valence-corrected chi connectivity index (χ3v) is 7.14. The first kappa shape index (κ1) is 23.1. The van der Waals surface area contributed by atoms with E-state index in [4.69, 9.17) is 9.98 Å². The van der Waals surface area contributed by atoms with E-state index in [9.17, 15) is 0 Å². The molecule has 4 nitrogen and oxygen atoms in total. The number of nitrogens with zero attached hydrogens (tertiary/aromatic N) is 4. The normalized spacial score (nSPS) is 17.9. The maximum Gasteiger partial charge on any atom is 0.0606 e. The van der Waals surface area contributed by atoms with Gasteiger partial charge in [-0.25, -0.2) is 0 Å². The van der Waals surface area contributed by atoms with Gasteiger partial charge in [-0.15, -0.1) is 0 Å². The Labute approximate surface area is 194 Å². The Morgan fingerprint density at radius 3 is 1.28 bits per heavy atom. The molecule has 2 heterocycles. The number of pyridine rings is 2. The Morgan fingerprint density at radius 2 is 0.906 bits per heavy atom. The first-order valence-corrected chi connectivity index (χ1v) is 13.2. The molecule has 0 saturated heterocycles. The molecule has 0 radical (unpaired) electrons. The summed E-state index contributed by atoms with van der Waals surface area (Å²) in [5.41, 5.74) is 0. The van der Waals surface area contributed by atoms with E-state index in [-0.39, 0.29) is 0 Å². The van der Waals surface area contributed by atoms with Gasteiger partial charge >= 0.3 is 0 Å². The second kappa shape index (κ2) is 12.8. The minimum Gasteiger partial charge on any atom is -0.354 e. The van der Waals surface area contributed by atoms with Crippen LogP contribution in [0, 0.1) is 0 Å². The lowest BCUT2D eigenvalue weighted by atomic mass is 9.96. The van der Waals surface area contributed by atoms with Gasteiger partial charge in [-0.1, -0.05) is 51.4 Å². The summed E-state index contributed by atoms with van der Waals surface area (Å²) in [7, 11) is 0. The maximum atomic E-state index is 4.92. The molecule has 0 amide bonds. The lowest BCUT2D eigenvalue weighted by molar-refractivity contribution is 0.437. The zero-order chi connectivity index (χ0) is 21.8. The molecule has 0 bridgehead atoms. The Kier molecular flexibility index (Phi) is 9.24. The molecular weight excluding hydrogens is 392 g/mol. The summed E-state index contributed by atoms with van der Waals surface area (Å²) < 4.78 is 4.62. The summed E-state index contributed by atoms with van der Waals surface area (Å²) in [6, 6.07) is 9.87. The maximum absolute atomic E-state index is 4.92. The zero-order valence-corrected chi connectivity index (χ0v) is 19.9. The Morgan fingerprint density at radius 1 is 0.531 bits per heavy atom. The van der Waals surface area contributed by atoms with Gasteiger partial charge in [0.1, 0.15) is 0 Å². The second-order valence-corrected chi connectivity index (χ2v) is 9.84. The van der Waals surface area contributed by atoms with Gasteiger partial charge in [0.25, 0.3) is 0 Å². The van der Waals surface area contributed by atoms with Gasteiger partial charge in [0.15, 0.2) is 0 Å². The molecular formula is C28H42N4. The van der Waals surface area contributed by atoms with Gasteiger partial charge in [0.2, 0.25) is 0 Å². The van der Waals surface area contributed by atoms with Crippen molar-refractivity contribution >= 4 is 0 Å². The first-order chi connectivity index (χ1) is 15.8. The highest BCUT2D eigenvalue weighted by Gasteiger charge is 2.11. The highest BCUT2D eigenvalue weighted by atomic mass is 14.9. The molecule has 2 fully saturated rings. The van der Waals surface area contributed by atoms with E-state index in [0.29, 0.717) is 12.1 Å². The molecule has 0 unspecified atom stereocenters. The van der Waals surface area contributed by atoms with Crippen molar-refractivity contribution in [1.82, 2.24) is 9.13 Å². The van der Waals surface area contributed by atoms with Crippen LogP contribution in [0.1, 0.15) is 89.9 Å². The monoisotopic (exact) mass is 434 g/mol. The lowest BCUT2D eigenvalue weighted by Crippen LogP contribution is -2.15. The van der Waals surface area contributed by atoms with E-state index >= 15 is 0 Å². The van der Waals surface area contributed by atoms with Crippen LogP contribution in [-0.4, -0.2) is 21.2 Å². The quantitative estimate of drug-likeness (QED) is 0.433. The predicted octanol–water partition coefficient (Wildman–Crippen LogP) is 6.02. The molecule has 0 N–H and O–H groups in total. The molecule has 2 aromatic rings. The van der Waals surface area contributed by atoms with E-state index < -0.39 is 0 Å².